The van der Waals surface area contributed by atoms with Crippen LogP contribution in [0.15, 0.2) is 206 Å². The first-order valence-corrected chi connectivity index (χ1v) is 18.4. The van der Waals surface area contributed by atoms with Crippen LogP contribution in [0, 0.1) is 0 Å². The average Bonchev–Trinajstić information content (AvgIpc) is 3.45. The van der Waals surface area contributed by atoms with Gasteiger partial charge in [-0.15, -0.1) is 0 Å². The zero-order valence-electron chi connectivity index (χ0n) is 30.0. The van der Waals surface area contributed by atoms with Gasteiger partial charge in [0.25, 0.3) is 0 Å². The summed E-state index contributed by atoms with van der Waals surface area (Å²) in [5.41, 5.74) is 16.9. The number of rotatable bonds is 8. The molecule has 0 amide bonds. The van der Waals surface area contributed by atoms with Crippen LogP contribution >= 0.6 is 0 Å². The molecule has 8 aromatic carbocycles. The lowest BCUT2D eigenvalue weighted by Crippen LogP contribution is -2.16. The quantitative estimate of drug-likeness (QED) is 0.158. The highest BCUT2D eigenvalue weighted by atomic mass is 15.1. The Morgan fingerprint density at radius 1 is 0.283 bits per heavy atom. The number of hydrogen-bond acceptors (Lipinski definition) is 2. The van der Waals surface area contributed by atoms with Crippen LogP contribution in [0.3, 0.4) is 0 Å². The molecule has 0 saturated carbocycles. The Balaban J connectivity index is 1.07. The molecule has 0 heterocycles. The number of para-hydroxylation sites is 2. The van der Waals surface area contributed by atoms with Crippen LogP contribution in [0.1, 0.15) is 25.0 Å². The van der Waals surface area contributed by atoms with Crippen LogP contribution < -0.4 is 9.80 Å². The predicted molar refractivity (Wildman–Crippen MR) is 224 cm³/mol. The molecular formula is C51H40N2. The number of hydrogen-bond donors (Lipinski definition) is 0. The van der Waals surface area contributed by atoms with Gasteiger partial charge in [-0.3, -0.25) is 0 Å². The van der Waals surface area contributed by atoms with Gasteiger partial charge in [0, 0.05) is 39.5 Å². The summed E-state index contributed by atoms with van der Waals surface area (Å²) in [5, 5.41) is 0. The summed E-state index contributed by atoms with van der Waals surface area (Å²) >= 11 is 0. The summed E-state index contributed by atoms with van der Waals surface area (Å²) in [4.78, 5) is 4.68. The van der Waals surface area contributed by atoms with Gasteiger partial charge >= 0.3 is 0 Å². The molecule has 0 atom stereocenters. The molecule has 0 unspecified atom stereocenters. The van der Waals surface area contributed by atoms with E-state index in [0.29, 0.717) is 0 Å². The molecule has 0 fully saturated rings. The van der Waals surface area contributed by atoms with Crippen LogP contribution in [-0.2, 0) is 5.41 Å². The van der Waals surface area contributed by atoms with E-state index in [4.69, 9.17) is 0 Å². The highest BCUT2D eigenvalue weighted by molar-refractivity contribution is 5.86. The molecular weight excluding hydrogens is 641 g/mol. The molecule has 1 aliphatic carbocycles. The topological polar surface area (TPSA) is 6.48 Å². The lowest BCUT2D eigenvalue weighted by atomic mass is 9.82. The highest BCUT2D eigenvalue weighted by Crippen LogP contribution is 2.50. The molecule has 8 aromatic rings. The fraction of sp³-hybridized carbons (Fsp3) is 0.0588. The third-order valence-electron chi connectivity index (χ3n) is 10.7. The van der Waals surface area contributed by atoms with E-state index in [1.165, 1.54) is 44.5 Å². The van der Waals surface area contributed by atoms with Gasteiger partial charge in [0.1, 0.15) is 0 Å². The van der Waals surface area contributed by atoms with Crippen molar-refractivity contribution in [1.82, 2.24) is 0 Å². The van der Waals surface area contributed by atoms with Gasteiger partial charge in [-0.1, -0.05) is 147 Å². The van der Waals surface area contributed by atoms with Crippen molar-refractivity contribution in [2.75, 3.05) is 9.80 Å². The predicted octanol–water partition coefficient (Wildman–Crippen LogP) is 14.3. The van der Waals surface area contributed by atoms with Crippen LogP contribution in [0.5, 0.6) is 0 Å². The van der Waals surface area contributed by atoms with Crippen LogP contribution in [-0.4, -0.2) is 0 Å². The van der Waals surface area contributed by atoms with Gasteiger partial charge < -0.3 is 9.80 Å². The van der Waals surface area contributed by atoms with E-state index in [1.807, 2.05) is 0 Å². The zero-order valence-corrected chi connectivity index (χ0v) is 30.0. The van der Waals surface area contributed by atoms with Crippen molar-refractivity contribution >= 4 is 34.1 Å². The van der Waals surface area contributed by atoms with Gasteiger partial charge in [0.2, 0.25) is 0 Å². The smallest absolute Gasteiger partial charge is 0.0465 e. The number of fused-ring (bicyclic) bond motifs is 3. The summed E-state index contributed by atoms with van der Waals surface area (Å²) < 4.78 is 0. The van der Waals surface area contributed by atoms with Gasteiger partial charge in [-0.05, 0) is 117 Å². The molecule has 2 nitrogen and oxygen atoms in total. The first-order valence-electron chi connectivity index (χ1n) is 18.4. The van der Waals surface area contributed by atoms with Crippen molar-refractivity contribution in [1.29, 1.82) is 0 Å². The normalized spacial score (nSPS) is 12.5. The maximum Gasteiger partial charge on any atom is 0.0465 e. The minimum atomic E-state index is -0.0859. The Morgan fingerprint density at radius 2 is 0.623 bits per heavy atom. The maximum atomic E-state index is 2.40. The van der Waals surface area contributed by atoms with E-state index < -0.39 is 0 Å². The van der Waals surface area contributed by atoms with Gasteiger partial charge in [0.15, 0.2) is 0 Å². The second-order valence-corrected chi connectivity index (χ2v) is 14.2. The number of benzene rings is 8. The molecule has 0 N–H and O–H groups in total. The van der Waals surface area contributed by atoms with Gasteiger partial charge in [-0.25, -0.2) is 0 Å². The Labute approximate surface area is 312 Å². The molecule has 254 valence electrons. The highest BCUT2D eigenvalue weighted by Gasteiger charge is 2.35. The lowest BCUT2D eigenvalue weighted by molar-refractivity contribution is 0.660. The standard InChI is InChI=1S/C51H40N2/c1-51(2)49-21-13-12-20-47(49)48-35-34-46(36-50(48)51)53(44-30-22-38(23-31-44)37-14-6-3-7-15-37)45-32-26-40(27-33-45)39-24-28-43(29-25-39)52(41-16-8-4-9-17-41)42-18-10-5-11-19-42/h3-36H,1-2H3. The van der Waals surface area contributed by atoms with Crippen molar-refractivity contribution in [3.63, 3.8) is 0 Å². The SMILES string of the molecule is CC1(C)c2ccccc2-c2ccc(N(c3ccc(-c4ccccc4)cc3)c3ccc(-c4ccc(N(c5ccccc5)c5ccccc5)cc4)cc3)cc21. The summed E-state index contributed by atoms with van der Waals surface area (Å²) in [7, 11) is 0. The van der Waals surface area contributed by atoms with E-state index >= 15 is 0 Å². The fourth-order valence-electron chi connectivity index (χ4n) is 7.92. The molecule has 2 heteroatoms. The number of nitrogens with zero attached hydrogens (tertiary/aromatic N) is 2. The van der Waals surface area contributed by atoms with E-state index in [1.54, 1.807) is 0 Å². The van der Waals surface area contributed by atoms with Crippen molar-refractivity contribution in [2.24, 2.45) is 0 Å². The minimum Gasteiger partial charge on any atom is -0.311 e. The average molecular weight is 681 g/mol. The Kier molecular flexibility index (Phi) is 8.21. The molecule has 0 radical (unpaired) electrons. The molecule has 53 heavy (non-hydrogen) atoms. The molecule has 0 aliphatic heterocycles. The van der Waals surface area contributed by atoms with E-state index in [-0.39, 0.29) is 5.41 Å². The zero-order chi connectivity index (χ0) is 35.8. The second-order valence-electron chi connectivity index (χ2n) is 14.2. The third kappa shape index (κ3) is 5.99. The number of anilines is 6. The first kappa shape index (κ1) is 32.3. The molecule has 0 bridgehead atoms. The maximum absolute atomic E-state index is 2.40. The Bertz CT molecular complexity index is 2450. The van der Waals surface area contributed by atoms with Crippen LogP contribution in [0.4, 0.5) is 34.1 Å². The van der Waals surface area contributed by atoms with Crippen molar-refractivity contribution in [3.05, 3.63) is 217 Å². The minimum absolute atomic E-state index is 0.0859. The van der Waals surface area contributed by atoms with Gasteiger partial charge in [0.05, 0.1) is 0 Å². The molecule has 0 aromatic heterocycles. The lowest BCUT2D eigenvalue weighted by Gasteiger charge is -2.28. The van der Waals surface area contributed by atoms with Crippen molar-refractivity contribution < 1.29 is 0 Å². The monoisotopic (exact) mass is 680 g/mol. The van der Waals surface area contributed by atoms with E-state index in [0.717, 1.165) is 34.1 Å². The summed E-state index contributed by atoms with van der Waals surface area (Å²) in [6.45, 7) is 4.69. The Morgan fingerprint density at radius 3 is 1.11 bits per heavy atom. The third-order valence-corrected chi connectivity index (χ3v) is 10.7. The summed E-state index contributed by atoms with van der Waals surface area (Å²) in [6.07, 6.45) is 0. The molecule has 1 aliphatic rings. The Hall–Kier alpha value is -6.64. The molecule has 0 saturated heterocycles. The summed E-state index contributed by atoms with van der Waals surface area (Å²) in [6, 6.07) is 74.3. The van der Waals surface area contributed by atoms with Crippen LogP contribution in [0.2, 0.25) is 0 Å². The second kappa shape index (κ2) is 13.5. The van der Waals surface area contributed by atoms with Crippen molar-refractivity contribution in [2.45, 2.75) is 19.3 Å². The van der Waals surface area contributed by atoms with E-state index in [2.05, 4.69) is 230 Å². The van der Waals surface area contributed by atoms with Crippen molar-refractivity contribution in [3.8, 4) is 33.4 Å². The largest absolute Gasteiger partial charge is 0.311 e. The molecule has 9 rings (SSSR count). The fourth-order valence-corrected chi connectivity index (χ4v) is 7.92. The first-order chi connectivity index (χ1) is 26.0. The van der Waals surface area contributed by atoms with E-state index in [9.17, 15) is 0 Å². The molecule has 0 spiro atoms. The van der Waals surface area contributed by atoms with Gasteiger partial charge in [-0.2, -0.15) is 0 Å². The summed E-state index contributed by atoms with van der Waals surface area (Å²) in [5.74, 6) is 0. The van der Waals surface area contributed by atoms with Crippen LogP contribution in [0.25, 0.3) is 33.4 Å².